The monoisotopic (exact) mass is 259 g/mol. The summed E-state index contributed by atoms with van der Waals surface area (Å²) < 4.78 is 15.7. The van der Waals surface area contributed by atoms with Gasteiger partial charge in [-0.3, -0.25) is 0 Å². The Kier molecular flexibility index (Phi) is 9.48. The zero-order valence-electron chi connectivity index (χ0n) is 12.0. The van der Waals surface area contributed by atoms with Crippen molar-refractivity contribution in [3.05, 3.63) is 0 Å². The van der Waals surface area contributed by atoms with Crippen molar-refractivity contribution in [2.24, 2.45) is 5.92 Å². The summed E-state index contributed by atoms with van der Waals surface area (Å²) in [6.07, 6.45) is 5.46. The first-order valence-electron chi connectivity index (χ1n) is 7.22. The molecule has 1 aliphatic carbocycles. The van der Waals surface area contributed by atoms with Crippen LogP contribution in [-0.2, 0) is 14.2 Å². The molecule has 0 bridgehead atoms. The summed E-state index contributed by atoms with van der Waals surface area (Å²) in [5.41, 5.74) is 0. The van der Waals surface area contributed by atoms with Gasteiger partial charge in [-0.15, -0.1) is 0 Å². The lowest BCUT2D eigenvalue weighted by atomic mass is 9.86. The molecule has 0 amide bonds. The Bertz CT molecular complexity index is 190. The molecule has 2 unspecified atom stereocenters. The summed E-state index contributed by atoms with van der Waals surface area (Å²) in [6.45, 7) is 6.71. The predicted octanol–water partition coefficient (Wildman–Crippen LogP) is 1.83. The molecule has 0 aromatic rings. The summed E-state index contributed by atoms with van der Waals surface area (Å²) in [5.74, 6) is 0.816. The molecule has 0 heterocycles. The van der Waals surface area contributed by atoms with E-state index in [1.165, 1.54) is 25.7 Å². The maximum atomic E-state index is 5.51. The number of nitrogens with one attached hydrogen (secondary N) is 1. The van der Waals surface area contributed by atoms with Gasteiger partial charge in [0.25, 0.3) is 0 Å². The number of methoxy groups -OCH3 is 1. The molecule has 4 nitrogen and oxygen atoms in total. The third-order valence-corrected chi connectivity index (χ3v) is 3.57. The largest absolute Gasteiger partial charge is 0.382 e. The topological polar surface area (TPSA) is 39.7 Å². The molecule has 18 heavy (non-hydrogen) atoms. The fourth-order valence-electron chi connectivity index (χ4n) is 2.40. The molecule has 0 saturated heterocycles. The molecule has 4 heteroatoms. The molecule has 1 N–H and O–H groups in total. The summed E-state index contributed by atoms with van der Waals surface area (Å²) in [6, 6.07) is 0.695. The van der Waals surface area contributed by atoms with E-state index in [1.54, 1.807) is 7.11 Å². The highest BCUT2D eigenvalue weighted by molar-refractivity contribution is 4.77. The minimum Gasteiger partial charge on any atom is -0.382 e. The quantitative estimate of drug-likeness (QED) is 0.608. The molecule has 0 aliphatic heterocycles. The van der Waals surface area contributed by atoms with Gasteiger partial charge in [-0.25, -0.2) is 0 Å². The first-order valence-corrected chi connectivity index (χ1v) is 7.22. The van der Waals surface area contributed by atoms with Crippen molar-refractivity contribution in [1.29, 1.82) is 0 Å². The zero-order chi connectivity index (χ0) is 13.1. The maximum absolute atomic E-state index is 5.51. The molecular formula is C14H29NO3. The second kappa shape index (κ2) is 10.7. The smallest absolute Gasteiger partial charge is 0.0701 e. The Hall–Kier alpha value is -0.160. The van der Waals surface area contributed by atoms with Gasteiger partial charge in [0.1, 0.15) is 0 Å². The molecule has 0 spiro atoms. The van der Waals surface area contributed by atoms with Crippen LogP contribution in [0.5, 0.6) is 0 Å². The molecule has 1 fully saturated rings. The molecule has 1 saturated carbocycles. The van der Waals surface area contributed by atoms with E-state index in [4.69, 9.17) is 14.2 Å². The van der Waals surface area contributed by atoms with Crippen molar-refractivity contribution in [3.63, 3.8) is 0 Å². The third-order valence-electron chi connectivity index (χ3n) is 3.57. The number of rotatable bonds is 10. The highest BCUT2D eigenvalue weighted by Gasteiger charge is 2.19. The average molecular weight is 259 g/mol. The molecular weight excluding hydrogens is 230 g/mol. The van der Waals surface area contributed by atoms with E-state index in [9.17, 15) is 0 Å². The minimum absolute atomic E-state index is 0.650. The Morgan fingerprint density at radius 3 is 2.33 bits per heavy atom. The average Bonchev–Trinajstić information content (AvgIpc) is 2.39. The molecule has 0 aromatic heterocycles. The first kappa shape index (κ1) is 15.9. The van der Waals surface area contributed by atoms with Crippen LogP contribution in [0.25, 0.3) is 0 Å². The Morgan fingerprint density at radius 2 is 1.61 bits per heavy atom. The van der Waals surface area contributed by atoms with Crippen LogP contribution in [0.1, 0.15) is 32.6 Å². The van der Waals surface area contributed by atoms with Crippen molar-refractivity contribution < 1.29 is 14.2 Å². The highest BCUT2D eigenvalue weighted by Crippen LogP contribution is 2.23. The van der Waals surface area contributed by atoms with Gasteiger partial charge in [-0.2, -0.15) is 0 Å². The molecule has 1 aliphatic rings. The van der Waals surface area contributed by atoms with Crippen LogP contribution < -0.4 is 5.32 Å². The van der Waals surface area contributed by atoms with Gasteiger partial charge in [0.15, 0.2) is 0 Å². The lowest BCUT2D eigenvalue weighted by Crippen LogP contribution is -2.39. The Labute approximate surface area is 111 Å². The fourth-order valence-corrected chi connectivity index (χ4v) is 2.40. The molecule has 0 aromatic carbocycles. The van der Waals surface area contributed by atoms with Crippen LogP contribution >= 0.6 is 0 Å². The highest BCUT2D eigenvalue weighted by atomic mass is 16.5. The van der Waals surface area contributed by atoms with Crippen molar-refractivity contribution in [2.75, 3.05) is 46.7 Å². The van der Waals surface area contributed by atoms with Crippen LogP contribution in [0.2, 0.25) is 0 Å². The summed E-state index contributed by atoms with van der Waals surface area (Å²) in [5, 5.41) is 3.60. The summed E-state index contributed by atoms with van der Waals surface area (Å²) in [4.78, 5) is 0. The predicted molar refractivity (Wildman–Crippen MR) is 72.9 cm³/mol. The number of ether oxygens (including phenoxy) is 3. The van der Waals surface area contributed by atoms with Crippen molar-refractivity contribution in [2.45, 2.75) is 38.6 Å². The fraction of sp³-hybridized carbons (Fsp3) is 1.00. The van der Waals surface area contributed by atoms with Gasteiger partial charge in [0.05, 0.1) is 33.0 Å². The Morgan fingerprint density at radius 1 is 0.944 bits per heavy atom. The van der Waals surface area contributed by atoms with Gasteiger partial charge in [0.2, 0.25) is 0 Å². The molecule has 1 rings (SSSR count). The zero-order valence-corrected chi connectivity index (χ0v) is 12.0. The van der Waals surface area contributed by atoms with Crippen molar-refractivity contribution in [3.8, 4) is 0 Å². The van der Waals surface area contributed by atoms with E-state index in [-0.39, 0.29) is 0 Å². The van der Waals surface area contributed by atoms with E-state index in [2.05, 4.69) is 12.2 Å². The lowest BCUT2D eigenvalue weighted by molar-refractivity contribution is 0.0247. The standard InChI is InChI=1S/C14H29NO3/c1-13-5-3-4-6-14(13)15-7-8-17-11-12-18-10-9-16-2/h13-15H,3-12H2,1-2H3. The second-order valence-corrected chi connectivity index (χ2v) is 5.04. The van der Waals surface area contributed by atoms with E-state index in [0.717, 1.165) is 19.1 Å². The lowest BCUT2D eigenvalue weighted by Gasteiger charge is -2.29. The van der Waals surface area contributed by atoms with E-state index >= 15 is 0 Å². The van der Waals surface area contributed by atoms with Crippen LogP contribution in [0.4, 0.5) is 0 Å². The minimum atomic E-state index is 0.650. The van der Waals surface area contributed by atoms with Crippen LogP contribution in [0.15, 0.2) is 0 Å². The van der Waals surface area contributed by atoms with Crippen molar-refractivity contribution in [1.82, 2.24) is 5.32 Å². The van der Waals surface area contributed by atoms with Gasteiger partial charge < -0.3 is 19.5 Å². The van der Waals surface area contributed by atoms with Gasteiger partial charge >= 0.3 is 0 Å². The third kappa shape index (κ3) is 7.31. The van der Waals surface area contributed by atoms with E-state index in [1.807, 2.05) is 0 Å². The first-order chi connectivity index (χ1) is 8.84. The molecule has 0 radical (unpaired) electrons. The van der Waals surface area contributed by atoms with Crippen LogP contribution in [-0.4, -0.2) is 52.7 Å². The maximum Gasteiger partial charge on any atom is 0.0701 e. The van der Waals surface area contributed by atoms with Crippen LogP contribution in [0.3, 0.4) is 0 Å². The van der Waals surface area contributed by atoms with E-state index in [0.29, 0.717) is 32.5 Å². The van der Waals surface area contributed by atoms with Crippen molar-refractivity contribution >= 4 is 0 Å². The second-order valence-electron chi connectivity index (χ2n) is 5.04. The van der Waals surface area contributed by atoms with E-state index < -0.39 is 0 Å². The normalized spacial score (nSPS) is 24.3. The molecule has 2 atom stereocenters. The Balaban J connectivity index is 1.83. The number of hydrogen-bond acceptors (Lipinski definition) is 4. The summed E-state index contributed by atoms with van der Waals surface area (Å²) >= 11 is 0. The summed E-state index contributed by atoms with van der Waals surface area (Å²) in [7, 11) is 1.68. The van der Waals surface area contributed by atoms with Gasteiger partial charge in [-0.05, 0) is 18.8 Å². The SMILES string of the molecule is COCCOCCOCCNC1CCCCC1C. The molecule has 108 valence electrons. The van der Waals surface area contributed by atoms with Gasteiger partial charge in [0, 0.05) is 19.7 Å². The van der Waals surface area contributed by atoms with Gasteiger partial charge in [-0.1, -0.05) is 19.8 Å². The number of hydrogen-bond donors (Lipinski definition) is 1. The van der Waals surface area contributed by atoms with Crippen LogP contribution in [0, 0.1) is 5.92 Å².